The van der Waals surface area contributed by atoms with Crippen LogP contribution in [0.25, 0.3) is 0 Å². The van der Waals surface area contributed by atoms with Crippen molar-refractivity contribution in [3.63, 3.8) is 0 Å². The minimum Gasteiger partial charge on any atom is -0.481 e. The standard InChI is InChI=1S/C15H22N2O3/c1-3-12(8-14(18)19)9-16-15(20)17-10-13-6-4-11(2)5-7-13/h4-7,12H,3,8-10H2,1-2H3,(H,18,19)(H2,16,17,20). The van der Waals surface area contributed by atoms with E-state index >= 15 is 0 Å². The van der Waals surface area contributed by atoms with Gasteiger partial charge < -0.3 is 15.7 Å². The number of aliphatic carboxylic acids is 1. The second-order valence-electron chi connectivity index (χ2n) is 4.92. The molecule has 1 atom stereocenters. The van der Waals surface area contributed by atoms with Crippen molar-refractivity contribution in [1.82, 2.24) is 10.6 Å². The molecule has 0 saturated carbocycles. The highest BCUT2D eigenvalue weighted by atomic mass is 16.4. The average molecular weight is 278 g/mol. The van der Waals surface area contributed by atoms with E-state index in [1.54, 1.807) is 0 Å². The fourth-order valence-corrected chi connectivity index (χ4v) is 1.80. The molecule has 0 aliphatic heterocycles. The molecular formula is C15H22N2O3. The fourth-order valence-electron chi connectivity index (χ4n) is 1.80. The number of rotatable bonds is 7. The minimum atomic E-state index is -0.835. The average Bonchev–Trinajstić information content (AvgIpc) is 2.42. The summed E-state index contributed by atoms with van der Waals surface area (Å²) in [4.78, 5) is 22.2. The number of amides is 2. The van der Waals surface area contributed by atoms with Crippen LogP contribution < -0.4 is 10.6 Å². The molecule has 0 aliphatic rings. The summed E-state index contributed by atoms with van der Waals surface area (Å²) < 4.78 is 0. The quantitative estimate of drug-likeness (QED) is 0.716. The van der Waals surface area contributed by atoms with E-state index in [-0.39, 0.29) is 18.4 Å². The van der Waals surface area contributed by atoms with Gasteiger partial charge in [0, 0.05) is 19.5 Å². The zero-order valence-electron chi connectivity index (χ0n) is 12.0. The van der Waals surface area contributed by atoms with Crippen molar-refractivity contribution in [3.8, 4) is 0 Å². The third-order valence-electron chi connectivity index (χ3n) is 3.17. The van der Waals surface area contributed by atoms with E-state index in [4.69, 9.17) is 5.11 Å². The van der Waals surface area contributed by atoms with Gasteiger partial charge in [0.25, 0.3) is 0 Å². The van der Waals surface area contributed by atoms with Crippen LogP contribution in [0.15, 0.2) is 24.3 Å². The van der Waals surface area contributed by atoms with Gasteiger partial charge in [0.1, 0.15) is 0 Å². The fraction of sp³-hybridized carbons (Fsp3) is 0.467. The SMILES string of the molecule is CCC(CNC(=O)NCc1ccc(C)cc1)CC(=O)O. The van der Waals surface area contributed by atoms with Gasteiger partial charge in [-0.25, -0.2) is 4.79 Å². The Morgan fingerprint density at radius 3 is 2.40 bits per heavy atom. The highest BCUT2D eigenvalue weighted by Crippen LogP contribution is 2.06. The molecule has 1 aromatic rings. The van der Waals surface area contributed by atoms with Crippen LogP contribution in [0.4, 0.5) is 4.79 Å². The molecule has 0 aliphatic carbocycles. The third-order valence-corrected chi connectivity index (χ3v) is 3.17. The number of aryl methyl sites for hydroxylation is 1. The van der Waals surface area contributed by atoms with E-state index in [2.05, 4.69) is 10.6 Å². The Morgan fingerprint density at radius 2 is 1.85 bits per heavy atom. The molecule has 3 N–H and O–H groups in total. The number of carboxylic acids is 1. The molecular weight excluding hydrogens is 256 g/mol. The van der Waals surface area contributed by atoms with Gasteiger partial charge in [0.2, 0.25) is 0 Å². The Morgan fingerprint density at radius 1 is 1.20 bits per heavy atom. The summed E-state index contributed by atoms with van der Waals surface area (Å²) >= 11 is 0. The molecule has 0 heterocycles. The van der Waals surface area contributed by atoms with Crippen LogP contribution >= 0.6 is 0 Å². The lowest BCUT2D eigenvalue weighted by atomic mass is 10.0. The molecule has 0 radical (unpaired) electrons. The first-order chi connectivity index (χ1) is 9.51. The molecule has 1 rings (SSSR count). The lowest BCUT2D eigenvalue weighted by molar-refractivity contribution is -0.138. The first-order valence-corrected chi connectivity index (χ1v) is 6.80. The van der Waals surface area contributed by atoms with Gasteiger partial charge in [0.15, 0.2) is 0 Å². The lowest BCUT2D eigenvalue weighted by Gasteiger charge is -2.14. The number of carbonyl (C=O) groups excluding carboxylic acids is 1. The van der Waals surface area contributed by atoms with Crippen LogP contribution in [-0.4, -0.2) is 23.7 Å². The predicted molar refractivity (Wildman–Crippen MR) is 77.5 cm³/mol. The molecule has 20 heavy (non-hydrogen) atoms. The van der Waals surface area contributed by atoms with Crippen molar-refractivity contribution in [2.45, 2.75) is 33.2 Å². The number of carboxylic acid groups (broad SMARTS) is 1. The first kappa shape index (κ1) is 16.0. The van der Waals surface area contributed by atoms with Gasteiger partial charge in [-0.05, 0) is 18.4 Å². The first-order valence-electron chi connectivity index (χ1n) is 6.80. The molecule has 0 aromatic heterocycles. The maximum Gasteiger partial charge on any atom is 0.315 e. The van der Waals surface area contributed by atoms with Crippen molar-refractivity contribution in [2.24, 2.45) is 5.92 Å². The van der Waals surface area contributed by atoms with Crippen LogP contribution in [0.1, 0.15) is 30.9 Å². The highest BCUT2D eigenvalue weighted by molar-refractivity contribution is 5.74. The zero-order chi connectivity index (χ0) is 15.0. The molecule has 5 heteroatoms. The third kappa shape index (κ3) is 6.22. The summed E-state index contributed by atoms with van der Waals surface area (Å²) in [6.45, 7) is 4.76. The van der Waals surface area contributed by atoms with Crippen molar-refractivity contribution >= 4 is 12.0 Å². The Hall–Kier alpha value is -2.04. The van der Waals surface area contributed by atoms with E-state index in [9.17, 15) is 9.59 Å². The van der Waals surface area contributed by atoms with Gasteiger partial charge in [-0.1, -0.05) is 43.2 Å². The highest BCUT2D eigenvalue weighted by Gasteiger charge is 2.12. The van der Waals surface area contributed by atoms with Crippen LogP contribution in [0, 0.1) is 12.8 Å². The number of carbonyl (C=O) groups is 2. The van der Waals surface area contributed by atoms with Gasteiger partial charge in [-0.15, -0.1) is 0 Å². The second kappa shape index (κ2) is 8.19. The summed E-state index contributed by atoms with van der Waals surface area (Å²) in [6.07, 6.45) is 0.805. The molecule has 5 nitrogen and oxygen atoms in total. The summed E-state index contributed by atoms with van der Waals surface area (Å²) in [5.74, 6) is -0.865. The molecule has 1 aromatic carbocycles. The lowest BCUT2D eigenvalue weighted by Crippen LogP contribution is -2.38. The topological polar surface area (TPSA) is 78.4 Å². The molecule has 0 fully saturated rings. The Labute approximate surface area is 119 Å². The maximum absolute atomic E-state index is 11.6. The van der Waals surface area contributed by atoms with Crippen molar-refractivity contribution in [1.29, 1.82) is 0 Å². The van der Waals surface area contributed by atoms with Gasteiger partial charge >= 0.3 is 12.0 Å². The van der Waals surface area contributed by atoms with E-state index in [0.717, 1.165) is 12.0 Å². The summed E-state index contributed by atoms with van der Waals surface area (Å²) in [7, 11) is 0. The van der Waals surface area contributed by atoms with Gasteiger partial charge in [0.05, 0.1) is 0 Å². The Bertz CT molecular complexity index is 443. The van der Waals surface area contributed by atoms with Crippen LogP contribution in [0.3, 0.4) is 0 Å². The molecule has 2 amide bonds. The van der Waals surface area contributed by atoms with Crippen molar-refractivity contribution in [3.05, 3.63) is 35.4 Å². The monoisotopic (exact) mass is 278 g/mol. The molecule has 0 bridgehead atoms. The van der Waals surface area contributed by atoms with Crippen LogP contribution in [0.5, 0.6) is 0 Å². The number of hydrogen-bond acceptors (Lipinski definition) is 2. The van der Waals surface area contributed by atoms with Crippen LogP contribution in [0.2, 0.25) is 0 Å². The smallest absolute Gasteiger partial charge is 0.315 e. The van der Waals surface area contributed by atoms with Crippen LogP contribution in [-0.2, 0) is 11.3 Å². The largest absolute Gasteiger partial charge is 0.481 e. The number of nitrogens with one attached hydrogen (secondary N) is 2. The van der Waals surface area contributed by atoms with E-state index in [1.165, 1.54) is 5.56 Å². The number of hydrogen-bond donors (Lipinski definition) is 3. The minimum absolute atomic E-state index is 0.0300. The van der Waals surface area contributed by atoms with Crippen molar-refractivity contribution in [2.75, 3.05) is 6.54 Å². The Kier molecular flexibility index (Phi) is 6.56. The summed E-state index contributed by atoms with van der Waals surface area (Å²) in [5.41, 5.74) is 2.21. The molecule has 1 unspecified atom stereocenters. The predicted octanol–water partition coefficient (Wildman–Crippen LogP) is 2.30. The van der Waals surface area contributed by atoms with Gasteiger partial charge in [-0.3, -0.25) is 4.79 Å². The van der Waals surface area contributed by atoms with E-state index in [0.29, 0.717) is 13.1 Å². The Balaban J connectivity index is 2.29. The second-order valence-corrected chi connectivity index (χ2v) is 4.92. The maximum atomic E-state index is 11.6. The van der Waals surface area contributed by atoms with E-state index < -0.39 is 5.97 Å². The molecule has 110 valence electrons. The summed E-state index contributed by atoms with van der Waals surface area (Å²) in [5, 5.41) is 14.2. The van der Waals surface area contributed by atoms with E-state index in [1.807, 2.05) is 38.1 Å². The summed E-state index contributed by atoms with van der Waals surface area (Å²) in [6, 6.07) is 7.66. The van der Waals surface area contributed by atoms with Gasteiger partial charge in [-0.2, -0.15) is 0 Å². The number of urea groups is 1. The molecule has 0 spiro atoms. The normalized spacial score (nSPS) is 11.7. The number of benzene rings is 1. The zero-order valence-corrected chi connectivity index (χ0v) is 12.0. The molecule has 0 saturated heterocycles. The van der Waals surface area contributed by atoms with Crippen molar-refractivity contribution < 1.29 is 14.7 Å².